The second kappa shape index (κ2) is 106. The highest BCUT2D eigenvalue weighted by Gasteiger charge is 2.30. The Morgan fingerprint density at radius 2 is 0.398 bits per heavy atom. The number of esters is 3. The number of phosphoric acid groups is 2. The van der Waals surface area contributed by atoms with Crippen molar-refractivity contribution in [2.75, 3.05) is 39.6 Å². The van der Waals surface area contributed by atoms with E-state index in [2.05, 4.69) is 203 Å². The minimum Gasteiger partial charge on any atom is -0.463 e. The fourth-order valence-electron chi connectivity index (χ4n) is 15.0. The molecule has 0 spiro atoms. The smallest absolute Gasteiger partial charge is 0.463 e. The zero-order valence-corrected chi connectivity index (χ0v) is 86.7. The Labute approximate surface area is 815 Å². The summed E-state index contributed by atoms with van der Waals surface area (Å²) >= 11 is 0. The minimum atomic E-state index is -4.95. The highest BCUT2D eigenvalue weighted by molar-refractivity contribution is 7.47. The highest BCUT2D eigenvalue weighted by Crippen LogP contribution is 2.45. The van der Waals surface area contributed by atoms with Gasteiger partial charge in [-0.15, -0.1) is 0 Å². The second-order valence-electron chi connectivity index (χ2n) is 36.0. The third-order valence-corrected chi connectivity index (χ3v) is 25.0. The van der Waals surface area contributed by atoms with E-state index in [0.29, 0.717) is 19.3 Å². The van der Waals surface area contributed by atoms with Crippen LogP contribution < -0.4 is 0 Å². The van der Waals surface area contributed by atoms with Crippen LogP contribution in [0.15, 0.2) is 182 Å². The Kier molecular flexibility index (Phi) is 101. The number of hydrogen-bond acceptors (Lipinski definition) is 14. The summed E-state index contributed by atoms with van der Waals surface area (Å²) < 4.78 is 61.8. The van der Waals surface area contributed by atoms with E-state index in [0.717, 1.165) is 161 Å². The number of carbonyl (C=O) groups is 3. The van der Waals surface area contributed by atoms with Crippen LogP contribution in [0.3, 0.4) is 0 Å². The molecule has 4 N–H and O–H groups in total. The fraction of sp³-hybridized carbons (Fsp3) is 0.713. The van der Waals surface area contributed by atoms with Gasteiger partial charge in [-0.3, -0.25) is 32.5 Å². The summed E-state index contributed by atoms with van der Waals surface area (Å²) in [6.07, 6.45) is 141. The molecule has 5 atom stereocenters. The molecule has 0 aromatic carbocycles. The van der Waals surface area contributed by atoms with Crippen LogP contribution in [0.5, 0.6) is 0 Å². The molecular weight excluding hydrogens is 1700 g/mol. The van der Waals surface area contributed by atoms with Crippen molar-refractivity contribution >= 4 is 33.6 Å². The largest absolute Gasteiger partial charge is 0.472 e. The first-order valence-electron chi connectivity index (χ1n) is 54.1. The fourth-order valence-corrected chi connectivity index (χ4v) is 16.6. The topological polar surface area (TPSA) is 231 Å². The molecule has 133 heavy (non-hydrogen) atoms. The van der Waals surface area contributed by atoms with E-state index in [1.54, 1.807) is 0 Å². The molecular formula is C115H198O16P2. The number of unbranched alkanes of at least 4 members (excludes halogenated alkanes) is 49. The zero-order valence-electron chi connectivity index (χ0n) is 84.9. The van der Waals surface area contributed by atoms with Gasteiger partial charge in [0.1, 0.15) is 25.4 Å². The Morgan fingerprint density at radius 1 is 0.218 bits per heavy atom. The molecule has 0 aliphatic rings. The quantitative estimate of drug-likeness (QED) is 0.0146. The maximum atomic E-state index is 13.1. The van der Waals surface area contributed by atoms with Crippen LogP contribution in [-0.4, -0.2) is 95.9 Å². The van der Waals surface area contributed by atoms with E-state index in [4.69, 9.17) is 32.3 Å². The molecule has 0 bridgehead atoms. The minimum absolute atomic E-state index is 0.0957. The molecule has 0 radical (unpaired) electrons. The van der Waals surface area contributed by atoms with Crippen LogP contribution >= 0.6 is 15.6 Å². The number of aliphatic hydroxyl groups is 2. The van der Waals surface area contributed by atoms with Crippen molar-refractivity contribution in [2.45, 2.75) is 489 Å². The van der Waals surface area contributed by atoms with Gasteiger partial charge in [0.15, 0.2) is 6.10 Å². The molecule has 0 rings (SSSR count). The molecule has 18 heteroatoms. The van der Waals surface area contributed by atoms with Crippen molar-refractivity contribution in [3.05, 3.63) is 182 Å². The number of allylic oxidation sites excluding steroid dienone is 30. The van der Waals surface area contributed by atoms with Gasteiger partial charge in [-0.2, -0.15) is 0 Å². The summed E-state index contributed by atoms with van der Waals surface area (Å²) in [5, 5.41) is 20.8. The van der Waals surface area contributed by atoms with Crippen LogP contribution in [0.2, 0.25) is 0 Å². The predicted molar refractivity (Wildman–Crippen MR) is 565 cm³/mol. The molecule has 0 fully saturated rings. The monoisotopic (exact) mass is 1900 g/mol. The molecule has 0 aromatic heterocycles. The summed E-state index contributed by atoms with van der Waals surface area (Å²) in [5.74, 6) is -1.56. The average Bonchev–Trinajstić information content (AvgIpc) is 0.896. The van der Waals surface area contributed by atoms with Crippen LogP contribution in [0, 0.1) is 0 Å². The first kappa shape index (κ1) is 128. The molecule has 5 unspecified atom stereocenters. The zero-order chi connectivity index (χ0) is 96.4. The van der Waals surface area contributed by atoms with Gasteiger partial charge in [0, 0.05) is 19.3 Å². The van der Waals surface area contributed by atoms with Crippen molar-refractivity contribution < 1.29 is 75.8 Å². The lowest BCUT2D eigenvalue weighted by atomic mass is 10.0. The Bertz CT molecular complexity index is 3150. The summed E-state index contributed by atoms with van der Waals surface area (Å²) in [6.45, 7) is 2.51. The van der Waals surface area contributed by atoms with Crippen LogP contribution in [0.25, 0.3) is 0 Å². The van der Waals surface area contributed by atoms with Crippen molar-refractivity contribution in [3.63, 3.8) is 0 Å². The average molecular weight is 1900 g/mol. The van der Waals surface area contributed by atoms with Gasteiger partial charge < -0.3 is 34.2 Å². The molecule has 0 aliphatic carbocycles. The maximum absolute atomic E-state index is 13.1. The molecule has 0 amide bonds. The molecule has 764 valence electrons. The lowest BCUT2D eigenvalue weighted by Crippen LogP contribution is -2.30. The molecule has 0 aromatic rings. The Morgan fingerprint density at radius 3 is 0.632 bits per heavy atom. The summed E-state index contributed by atoms with van der Waals surface area (Å²) in [5.41, 5.74) is 0. The summed E-state index contributed by atoms with van der Waals surface area (Å²) in [7, 11) is -9.82. The van der Waals surface area contributed by atoms with E-state index in [1.807, 2.05) is 0 Å². The van der Waals surface area contributed by atoms with E-state index in [1.165, 1.54) is 250 Å². The maximum Gasteiger partial charge on any atom is 0.472 e. The van der Waals surface area contributed by atoms with Crippen LogP contribution in [0.1, 0.15) is 470 Å². The molecule has 16 nitrogen and oxygen atoms in total. The number of phosphoric ester groups is 2. The third-order valence-electron chi connectivity index (χ3n) is 23.1. The van der Waals surface area contributed by atoms with Gasteiger partial charge in [0.05, 0.1) is 26.4 Å². The first-order valence-corrected chi connectivity index (χ1v) is 57.1. The van der Waals surface area contributed by atoms with Crippen LogP contribution in [-0.2, 0) is 55.8 Å². The van der Waals surface area contributed by atoms with Gasteiger partial charge in [-0.25, -0.2) is 9.13 Å². The summed E-state index contributed by atoms with van der Waals surface area (Å²) in [6, 6.07) is 0. The van der Waals surface area contributed by atoms with Crippen LogP contribution in [0.4, 0.5) is 0 Å². The highest BCUT2D eigenvalue weighted by atomic mass is 31.2. The number of rotatable bonds is 102. The standard InChI is InChI=1S/C115H198O16P2/c1-4-7-10-13-16-19-22-25-28-31-34-37-40-43-46-49-51-53-54-56-58-60-62-65-68-71-74-77-80-83-86-89-92-95-98-101-113(118)125-104-110(116)105-127-132(121,122)128-106-111(117)107-129-133(123,124)130-109-112(131-115(120)103-100-97-94-91-88-85-82-79-76-73-70-67-64-59-48-45-42-39-36-33-30-27-24-21-18-15-12-9-6-3)108-126-114(119)102-99-96-93-90-87-84-81-78-75-72-69-66-63-61-57-55-52-50-47-44-41-38-35-32-29-26-23-20-17-14-11-8-5-2/h8-9,11-12,16-21,25-30,34-39,43-48,64,67,110-112,116-117H,4-7,10,13-15,22-24,31-33,40-42,49-63,65-66,68-109H2,1-3H3,(H,121,122)(H,123,124)/b11-8-,12-9-,19-16-,20-17-,21-18-,28-25-,29-26-,30-27-,37-34-,38-35-,39-36-,46-43-,47-44-,48-45-,67-64-. The lowest BCUT2D eigenvalue weighted by molar-refractivity contribution is -0.161. The summed E-state index contributed by atoms with van der Waals surface area (Å²) in [4.78, 5) is 59.3. The Balaban J connectivity index is 4.59. The number of carbonyl (C=O) groups excluding carboxylic acids is 3. The number of ether oxygens (including phenoxy) is 3. The van der Waals surface area contributed by atoms with E-state index >= 15 is 0 Å². The molecule has 0 saturated heterocycles. The first-order chi connectivity index (χ1) is 65.2. The Hall–Kier alpha value is -5.35. The van der Waals surface area contributed by atoms with Gasteiger partial charge in [-0.1, -0.05) is 473 Å². The predicted octanol–water partition coefficient (Wildman–Crippen LogP) is 34.7. The SMILES string of the molecule is CC/C=C\C/C=C\C/C=C\C/C=C\C/C=C\C/C=C\CCCCCCCCCCCCC(=O)OC(COC(=O)CCCCCCCCCCCCCCCCCCC/C=C\C/C=C\C/C=C\C/C=C\C/C=C\CC)COP(=O)(O)OCC(O)COP(=O)(O)OCC(O)COC(=O)CCCCCCCCCCCCCCCCCCCCC/C=C\C/C=C\C/C=C\C/C=C\CCCCC. The van der Waals surface area contributed by atoms with E-state index in [9.17, 15) is 43.5 Å². The van der Waals surface area contributed by atoms with E-state index < -0.39 is 91.5 Å². The van der Waals surface area contributed by atoms with Gasteiger partial charge in [0.25, 0.3) is 0 Å². The number of aliphatic hydroxyl groups excluding tert-OH is 2. The van der Waals surface area contributed by atoms with Gasteiger partial charge in [0.2, 0.25) is 0 Å². The second-order valence-corrected chi connectivity index (χ2v) is 38.9. The van der Waals surface area contributed by atoms with Crippen molar-refractivity contribution in [2.24, 2.45) is 0 Å². The van der Waals surface area contributed by atoms with E-state index in [-0.39, 0.29) is 19.3 Å². The lowest BCUT2D eigenvalue weighted by Gasteiger charge is -2.21. The molecule has 0 saturated carbocycles. The normalized spacial score (nSPS) is 14.3. The van der Waals surface area contributed by atoms with Crippen molar-refractivity contribution in [3.8, 4) is 0 Å². The number of hydrogen-bond donors (Lipinski definition) is 4. The molecule has 0 aliphatic heterocycles. The van der Waals surface area contributed by atoms with Gasteiger partial charge >= 0.3 is 33.6 Å². The van der Waals surface area contributed by atoms with Crippen molar-refractivity contribution in [1.29, 1.82) is 0 Å². The van der Waals surface area contributed by atoms with Gasteiger partial charge in [-0.05, 0) is 161 Å². The third kappa shape index (κ3) is 107. The van der Waals surface area contributed by atoms with Crippen molar-refractivity contribution in [1.82, 2.24) is 0 Å². The molecule has 0 heterocycles.